The average molecular weight is 439 g/mol. The summed E-state index contributed by atoms with van der Waals surface area (Å²) in [4.78, 5) is 10.1. The third kappa shape index (κ3) is 5.33. The van der Waals surface area contributed by atoms with Gasteiger partial charge in [0.15, 0.2) is 5.96 Å². The first-order chi connectivity index (χ1) is 15.5. The Hall–Kier alpha value is -2.38. The number of hydrogen-bond acceptors (Lipinski definition) is 4. The second-order valence-corrected chi connectivity index (χ2v) is 9.25. The molecule has 0 aliphatic carbocycles. The highest BCUT2D eigenvalue weighted by Gasteiger charge is 2.28. The molecule has 0 bridgehead atoms. The lowest BCUT2D eigenvalue weighted by atomic mass is 9.95. The number of nitrogens with one attached hydrogen (secondary N) is 1. The van der Waals surface area contributed by atoms with Crippen molar-refractivity contribution in [1.82, 2.24) is 24.9 Å². The summed E-state index contributed by atoms with van der Waals surface area (Å²) in [7, 11) is 1.95. The molecular formula is C25H38N6O. The second-order valence-electron chi connectivity index (χ2n) is 9.25. The molecule has 1 aromatic carbocycles. The van der Waals surface area contributed by atoms with Crippen molar-refractivity contribution in [2.75, 3.05) is 39.3 Å². The molecule has 32 heavy (non-hydrogen) atoms. The number of guanidine groups is 1. The van der Waals surface area contributed by atoms with Crippen molar-refractivity contribution >= 4 is 5.96 Å². The summed E-state index contributed by atoms with van der Waals surface area (Å²) in [5, 5.41) is 7.83. The van der Waals surface area contributed by atoms with Gasteiger partial charge in [-0.25, -0.2) is 0 Å². The summed E-state index contributed by atoms with van der Waals surface area (Å²) in [5.74, 6) is 1.53. The molecule has 0 amide bonds. The van der Waals surface area contributed by atoms with Crippen LogP contribution >= 0.6 is 0 Å². The van der Waals surface area contributed by atoms with Gasteiger partial charge in [0.25, 0.3) is 0 Å². The number of ether oxygens (including phenoxy) is 1. The highest BCUT2D eigenvalue weighted by molar-refractivity contribution is 5.80. The number of nitrogens with zero attached hydrogens (tertiary/aromatic N) is 5. The van der Waals surface area contributed by atoms with Crippen LogP contribution in [0.25, 0.3) is 0 Å². The minimum Gasteiger partial charge on any atom is -0.370 e. The molecule has 1 aromatic heterocycles. The molecule has 2 atom stereocenters. The van der Waals surface area contributed by atoms with Crippen molar-refractivity contribution in [2.45, 2.75) is 45.9 Å². The number of aliphatic imine (C=N–C) groups is 1. The molecule has 4 rings (SSSR count). The van der Waals surface area contributed by atoms with Gasteiger partial charge in [-0.1, -0.05) is 38.1 Å². The Morgan fingerprint density at radius 3 is 2.78 bits per heavy atom. The minimum absolute atomic E-state index is 0.0285. The van der Waals surface area contributed by atoms with Crippen molar-refractivity contribution in [3.63, 3.8) is 0 Å². The number of rotatable bonds is 6. The van der Waals surface area contributed by atoms with Crippen LogP contribution in [0.4, 0.5) is 0 Å². The molecule has 1 N–H and O–H groups in total. The van der Waals surface area contributed by atoms with E-state index in [1.807, 2.05) is 24.1 Å². The Morgan fingerprint density at radius 2 is 2.06 bits per heavy atom. The first-order valence-corrected chi connectivity index (χ1v) is 12.0. The van der Waals surface area contributed by atoms with Crippen LogP contribution < -0.4 is 5.32 Å². The van der Waals surface area contributed by atoms with E-state index in [0.29, 0.717) is 18.6 Å². The zero-order chi connectivity index (χ0) is 22.5. The van der Waals surface area contributed by atoms with Crippen LogP contribution in [0.15, 0.2) is 41.7 Å². The van der Waals surface area contributed by atoms with Crippen molar-refractivity contribution < 1.29 is 4.74 Å². The first kappa shape index (κ1) is 22.8. The summed E-state index contributed by atoms with van der Waals surface area (Å²) in [6, 6.07) is 9.29. The smallest absolute Gasteiger partial charge is 0.194 e. The molecule has 3 heterocycles. The van der Waals surface area contributed by atoms with E-state index in [2.05, 4.69) is 65.3 Å². The predicted octanol–water partition coefficient (Wildman–Crippen LogP) is 2.84. The zero-order valence-electron chi connectivity index (χ0n) is 20.0. The summed E-state index contributed by atoms with van der Waals surface area (Å²) in [6.45, 7) is 12.9. The lowest BCUT2D eigenvalue weighted by Gasteiger charge is -2.38. The third-order valence-corrected chi connectivity index (χ3v) is 6.62. The Kier molecular flexibility index (Phi) is 7.48. The molecule has 0 radical (unpaired) electrons. The molecule has 2 unspecified atom stereocenters. The van der Waals surface area contributed by atoms with Gasteiger partial charge in [-0.15, -0.1) is 0 Å². The van der Waals surface area contributed by atoms with E-state index in [4.69, 9.17) is 9.73 Å². The number of fused-ring (bicyclic) bond motifs is 1. The largest absolute Gasteiger partial charge is 0.370 e. The van der Waals surface area contributed by atoms with Crippen LogP contribution in [0, 0.1) is 5.92 Å². The molecule has 174 valence electrons. The van der Waals surface area contributed by atoms with E-state index in [9.17, 15) is 0 Å². The van der Waals surface area contributed by atoms with Crippen LogP contribution in [0.2, 0.25) is 0 Å². The van der Waals surface area contributed by atoms with Gasteiger partial charge in [-0.05, 0) is 30.4 Å². The van der Waals surface area contributed by atoms with E-state index in [0.717, 1.165) is 57.2 Å². The Bertz CT molecular complexity index is 907. The SMILES string of the molecule is CCNC(=NCC(C(C)C)N1CCc2ccccc2C1)N1CCOC(c2cnn(C)c2)C1. The number of hydrogen-bond donors (Lipinski definition) is 1. The normalized spacial score (nSPS) is 21.0. The Morgan fingerprint density at radius 1 is 1.25 bits per heavy atom. The third-order valence-electron chi connectivity index (χ3n) is 6.62. The number of morpholine rings is 1. The second kappa shape index (κ2) is 10.5. The van der Waals surface area contributed by atoms with E-state index in [-0.39, 0.29) is 6.10 Å². The Balaban J connectivity index is 1.46. The summed E-state index contributed by atoms with van der Waals surface area (Å²) >= 11 is 0. The van der Waals surface area contributed by atoms with Crippen molar-refractivity contribution in [2.24, 2.45) is 18.0 Å². The van der Waals surface area contributed by atoms with Gasteiger partial charge in [0.05, 0.1) is 25.9 Å². The highest BCUT2D eigenvalue weighted by Crippen LogP contribution is 2.24. The number of aromatic nitrogens is 2. The maximum absolute atomic E-state index is 6.04. The zero-order valence-corrected chi connectivity index (χ0v) is 20.0. The molecule has 7 nitrogen and oxygen atoms in total. The molecule has 7 heteroatoms. The van der Waals surface area contributed by atoms with Crippen LogP contribution in [-0.4, -0.2) is 70.9 Å². The lowest BCUT2D eigenvalue weighted by Crippen LogP contribution is -2.49. The quantitative estimate of drug-likeness (QED) is 0.555. The number of aryl methyl sites for hydroxylation is 1. The summed E-state index contributed by atoms with van der Waals surface area (Å²) in [5.41, 5.74) is 4.09. The summed E-state index contributed by atoms with van der Waals surface area (Å²) < 4.78 is 7.88. The molecule has 1 saturated heterocycles. The molecule has 2 aromatic rings. The topological polar surface area (TPSA) is 57.9 Å². The first-order valence-electron chi connectivity index (χ1n) is 12.0. The van der Waals surface area contributed by atoms with Gasteiger partial charge in [-0.3, -0.25) is 14.6 Å². The maximum Gasteiger partial charge on any atom is 0.194 e. The molecule has 2 aliphatic rings. The fraction of sp³-hybridized carbons (Fsp3) is 0.600. The van der Waals surface area contributed by atoms with E-state index in [1.54, 1.807) is 0 Å². The van der Waals surface area contributed by atoms with Crippen molar-refractivity contribution in [3.05, 3.63) is 53.3 Å². The summed E-state index contributed by atoms with van der Waals surface area (Å²) in [6.07, 6.45) is 5.10. The van der Waals surface area contributed by atoms with Crippen molar-refractivity contribution in [1.29, 1.82) is 0 Å². The predicted molar refractivity (Wildman–Crippen MR) is 129 cm³/mol. The standard InChI is InChI=1S/C25H38N6O/c1-5-26-25(31-12-13-32-24(18-31)22-14-28-29(4)16-22)27-15-23(19(2)3)30-11-10-20-8-6-7-9-21(20)17-30/h6-9,14,16,19,23-24H,5,10-13,15,17-18H2,1-4H3,(H,26,27). The number of benzene rings is 1. The fourth-order valence-corrected chi connectivity index (χ4v) is 4.80. The van der Waals surface area contributed by atoms with E-state index >= 15 is 0 Å². The van der Waals surface area contributed by atoms with Gasteiger partial charge >= 0.3 is 0 Å². The minimum atomic E-state index is 0.0285. The van der Waals surface area contributed by atoms with Gasteiger partial charge in [-0.2, -0.15) is 5.10 Å². The van der Waals surface area contributed by atoms with Gasteiger partial charge in [0, 0.05) is 51.0 Å². The van der Waals surface area contributed by atoms with E-state index in [1.165, 1.54) is 11.1 Å². The monoisotopic (exact) mass is 438 g/mol. The van der Waals surface area contributed by atoms with Crippen LogP contribution in [0.5, 0.6) is 0 Å². The maximum atomic E-state index is 6.04. The molecule has 0 spiro atoms. The molecule has 2 aliphatic heterocycles. The van der Waals surface area contributed by atoms with E-state index < -0.39 is 0 Å². The molecule has 1 fully saturated rings. The highest BCUT2D eigenvalue weighted by atomic mass is 16.5. The fourth-order valence-electron chi connectivity index (χ4n) is 4.80. The lowest BCUT2D eigenvalue weighted by molar-refractivity contribution is -0.00811. The Labute approximate surface area is 192 Å². The average Bonchev–Trinajstić information content (AvgIpc) is 3.24. The van der Waals surface area contributed by atoms with Gasteiger partial charge in [0.2, 0.25) is 0 Å². The van der Waals surface area contributed by atoms with Crippen molar-refractivity contribution in [3.8, 4) is 0 Å². The van der Waals surface area contributed by atoms with Gasteiger partial charge in [0.1, 0.15) is 6.10 Å². The molecular weight excluding hydrogens is 400 g/mol. The van der Waals surface area contributed by atoms with Crippen LogP contribution in [0.3, 0.4) is 0 Å². The molecule has 0 saturated carbocycles. The van der Waals surface area contributed by atoms with Crippen LogP contribution in [0.1, 0.15) is 43.6 Å². The van der Waals surface area contributed by atoms with Gasteiger partial charge < -0.3 is 15.0 Å². The van der Waals surface area contributed by atoms with Crippen LogP contribution in [-0.2, 0) is 24.8 Å².